The first-order valence-corrected chi connectivity index (χ1v) is 10.1. The van der Waals surface area contributed by atoms with Crippen LogP contribution in [0.5, 0.6) is 0 Å². The minimum atomic E-state index is -0.654. The zero-order valence-electron chi connectivity index (χ0n) is 15.6. The zero-order valence-corrected chi connectivity index (χ0v) is 16.4. The van der Waals surface area contributed by atoms with E-state index in [4.69, 9.17) is 9.47 Å². The van der Waals surface area contributed by atoms with Gasteiger partial charge in [0.1, 0.15) is 17.5 Å². The number of aromatic nitrogens is 2. The Morgan fingerprint density at radius 2 is 2.23 bits per heavy atom. The second kappa shape index (κ2) is 8.31. The van der Waals surface area contributed by atoms with Gasteiger partial charge in [0.2, 0.25) is 0 Å². The molecule has 2 aromatic rings. The summed E-state index contributed by atoms with van der Waals surface area (Å²) >= 11 is 1.62. The number of thiophene rings is 1. The molecule has 0 saturated carbocycles. The van der Waals surface area contributed by atoms with Crippen LogP contribution in [0.4, 0.5) is 0 Å². The van der Waals surface area contributed by atoms with E-state index in [0.717, 1.165) is 29.7 Å². The maximum absolute atomic E-state index is 13.1. The quantitative estimate of drug-likeness (QED) is 0.547. The minimum Gasteiger partial charge on any atom is -0.462 e. The van der Waals surface area contributed by atoms with Crippen molar-refractivity contribution in [2.24, 2.45) is 5.92 Å². The summed E-state index contributed by atoms with van der Waals surface area (Å²) in [6.45, 7) is 7.14. The van der Waals surface area contributed by atoms with Crippen LogP contribution in [0.15, 0.2) is 11.1 Å². The van der Waals surface area contributed by atoms with Crippen molar-refractivity contribution in [3.63, 3.8) is 0 Å². The summed E-state index contributed by atoms with van der Waals surface area (Å²) in [6, 6.07) is -0.654. The fourth-order valence-corrected chi connectivity index (χ4v) is 4.83. The molecule has 2 atom stereocenters. The predicted octanol–water partition coefficient (Wildman–Crippen LogP) is 3.11. The number of hydrogen-bond acceptors (Lipinski definition) is 6. The second-order valence-corrected chi connectivity index (χ2v) is 7.86. The average Bonchev–Trinajstić information content (AvgIpc) is 2.99. The van der Waals surface area contributed by atoms with Crippen molar-refractivity contribution in [2.75, 3.05) is 19.8 Å². The SMILES string of the molecule is CCOCCOC(=O)[C@H](CC)n1cnc2sc3c(c2c1=O)CC[C@@H](C)C3. The van der Waals surface area contributed by atoms with E-state index in [-0.39, 0.29) is 12.2 Å². The molecule has 0 fully saturated rings. The average molecular weight is 378 g/mol. The maximum atomic E-state index is 13.1. The van der Waals surface area contributed by atoms with Gasteiger partial charge in [-0.15, -0.1) is 11.3 Å². The number of fused-ring (bicyclic) bond motifs is 3. The lowest BCUT2D eigenvalue weighted by Crippen LogP contribution is -2.31. The third kappa shape index (κ3) is 3.69. The molecule has 0 bridgehead atoms. The third-order valence-electron chi connectivity index (χ3n) is 4.91. The summed E-state index contributed by atoms with van der Waals surface area (Å²) < 4.78 is 11.9. The Hall–Kier alpha value is -1.73. The van der Waals surface area contributed by atoms with E-state index < -0.39 is 12.0 Å². The van der Waals surface area contributed by atoms with E-state index in [1.807, 2.05) is 13.8 Å². The standard InChI is InChI=1S/C19H26N2O4S/c1-4-14(19(23)25-9-8-24-5-2)21-11-20-17-16(18(21)22)13-7-6-12(3)10-15(13)26-17/h11-12,14H,4-10H2,1-3H3/t12-,14+/m1/s1. The molecular weight excluding hydrogens is 352 g/mol. The molecule has 26 heavy (non-hydrogen) atoms. The lowest BCUT2D eigenvalue weighted by Gasteiger charge is -2.18. The molecule has 2 heterocycles. The number of carbonyl (C=O) groups is 1. The van der Waals surface area contributed by atoms with Crippen LogP contribution < -0.4 is 5.56 Å². The lowest BCUT2D eigenvalue weighted by atomic mass is 9.89. The van der Waals surface area contributed by atoms with Gasteiger partial charge >= 0.3 is 5.97 Å². The van der Waals surface area contributed by atoms with E-state index in [9.17, 15) is 9.59 Å². The molecule has 6 nitrogen and oxygen atoms in total. The summed E-state index contributed by atoms with van der Waals surface area (Å²) in [4.78, 5) is 32.1. The first kappa shape index (κ1) is 19.0. The van der Waals surface area contributed by atoms with Crippen LogP contribution in [0, 0.1) is 5.92 Å². The van der Waals surface area contributed by atoms with Crippen LogP contribution in [0.3, 0.4) is 0 Å². The third-order valence-corrected chi connectivity index (χ3v) is 6.07. The normalized spacial score (nSPS) is 17.9. The van der Waals surface area contributed by atoms with E-state index in [1.54, 1.807) is 11.3 Å². The van der Waals surface area contributed by atoms with E-state index in [1.165, 1.54) is 15.8 Å². The number of ether oxygens (including phenoxy) is 2. The van der Waals surface area contributed by atoms with Gasteiger partial charge in [-0.2, -0.15) is 0 Å². The van der Waals surface area contributed by atoms with Crippen molar-refractivity contribution >= 4 is 27.5 Å². The van der Waals surface area contributed by atoms with Crippen LogP contribution >= 0.6 is 11.3 Å². The molecule has 0 spiro atoms. The Kier molecular flexibility index (Phi) is 6.09. The molecule has 1 aliphatic carbocycles. The second-order valence-electron chi connectivity index (χ2n) is 6.78. The number of aryl methyl sites for hydroxylation is 1. The maximum Gasteiger partial charge on any atom is 0.329 e. The highest BCUT2D eigenvalue weighted by atomic mass is 32.1. The van der Waals surface area contributed by atoms with Gasteiger partial charge in [0.15, 0.2) is 0 Å². The van der Waals surface area contributed by atoms with Gasteiger partial charge in [-0.25, -0.2) is 9.78 Å². The largest absolute Gasteiger partial charge is 0.462 e. The molecule has 142 valence electrons. The van der Waals surface area contributed by atoms with Gasteiger partial charge in [0.25, 0.3) is 5.56 Å². The highest BCUT2D eigenvalue weighted by Gasteiger charge is 2.26. The first-order valence-electron chi connectivity index (χ1n) is 9.32. The Morgan fingerprint density at radius 3 is 2.96 bits per heavy atom. The van der Waals surface area contributed by atoms with Crippen molar-refractivity contribution in [3.05, 3.63) is 27.1 Å². The number of esters is 1. The molecule has 2 aromatic heterocycles. The van der Waals surface area contributed by atoms with E-state index in [0.29, 0.717) is 30.9 Å². The topological polar surface area (TPSA) is 70.4 Å². The molecule has 7 heteroatoms. The highest BCUT2D eigenvalue weighted by Crippen LogP contribution is 2.35. The van der Waals surface area contributed by atoms with Crippen LogP contribution in [0.1, 0.15) is 50.1 Å². The summed E-state index contributed by atoms with van der Waals surface area (Å²) in [5.74, 6) is 0.231. The summed E-state index contributed by atoms with van der Waals surface area (Å²) in [7, 11) is 0. The fourth-order valence-electron chi connectivity index (χ4n) is 3.48. The van der Waals surface area contributed by atoms with E-state index >= 15 is 0 Å². The number of rotatable bonds is 7. The molecule has 0 unspecified atom stereocenters. The number of carbonyl (C=O) groups excluding carboxylic acids is 1. The smallest absolute Gasteiger partial charge is 0.329 e. The minimum absolute atomic E-state index is 0.129. The van der Waals surface area contributed by atoms with Crippen molar-refractivity contribution in [1.29, 1.82) is 0 Å². The molecular formula is C19H26N2O4S. The van der Waals surface area contributed by atoms with E-state index in [2.05, 4.69) is 11.9 Å². The van der Waals surface area contributed by atoms with Gasteiger partial charge in [-0.05, 0) is 44.1 Å². The molecule has 0 saturated heterocycles. The lowest BCUT2D eigenvalue weighted by molar-refractivity contribution is -0.149. The summed E-state index contributed by atoms with van der Waals surface area (Å²) in [6.07, 6.45) is 4.97. The molecule has 1 aliphatic rings. The van der Waals surface area contributed by atoms with Gasteiger partial charge in [-0.3, -0.25) is 9.36 Å². The number of hydrogen-bond donors (Lipinski definition) is 0. The van der Waals surface area contributed by atoms with Gasteiger partial charge in [0.05, 0.1) is 18.3 Å². The number of nitrogens with zero attached hydrogens (tertiary/aromatic N) is 2. The van der Waals surface area contributed by atoms with Crippen LogP contribution in [-0.4, -0.2) is 35.3 Å². The van der Waals surface area contributed by atoms with Crippen LogP contribution in [0.25, 0.3) is 10.2 Å². The van der Waals surface area contributed by atoms with Crippen molar-refractivity contribution in [3.8, 4) is 0 Å². The molecule has 0 aliphatic heterocycles. The first-order chi connectivity index (χ1) is 12.6. The Labute approximate surface area is 157 Å². The van der Waals surface area contributed by atoms with Gasteiger partial charge in [0, 0.05) is 11.5 Å². The Balaban J connectivity index is 1.90. The molecule has 0 N–H and O–H groups in total. The zero-order chi connectivity index (χ0) is 18.7. The van der Waals surface area contributed by atoms with Crippen molar-refractivity contribution < 1.29 is 14.3 Å². The summed E-state index contributed by atoms with van der Waals surface area (Å²) in [5.41, 5.74) is 1.00. The molecule has 0 radical (unpaired) electrons. The molecule has 0 amide bonds. The highest BCUT2D eigenvalue weighted by molar-refractivity contribution is 7.18. The van der Waals surface area contributed by atoms with Gasteiger partial charge < -0.3 is 9.47 Å². The van der Waals surface area contributed by atoms with Crippen LogP contribution in [-0.2, 0) is 27.1 Å². The Morgan fingerprint density at radius 1 is 1.42 bits per heavy atom. The van der Waals surface area contributed by atoms with Crippen LogP contribution in [0.2, 0.25) is 0 Å². The molecule has 3 rings (SSSR count). The summed E-state index contributed by atoms with van der Waals surface area (Å²) in [5, 5.41) is 0.694. The van der Waals surface area contributed by atoms with Crippen molar-refractivity contribution in [1.82, 2.24) is 9.55 Å². The van der Waals surface area contributed by atoms with Gasteiger partial charge in [-0.1, -0.05) is 13.8 Å². The predicted molar refractivity (Wildman–Crippen MR) is 102 cm³/mol. The van der Waals surface area contributed by atoms with Crippen molar-refractivity contribution in [2.45, 2.75) is 52.5 Å². The fraction of sp³-hybridized carbons (Fsp3) is 0.632. The molecule has 0 aromatic carbocycles. The monoisotopic (exact) mass is 378 g/mol. The Bertz CT molecular complexity index is 842.